The molecule has 0 saturated carbocycles. The number of rotatable bonds is 6. The molecule has 170 valence electrons. The molecule has 6 heteroatoms. The topological polar surface area (TPSA) is 56.0 Å². The second kappa shape index (κ2) is 10.0. The molecule has 0 aliphatic carbocycles. The van der Waals surface area contributed by atoms with Crippen molar-refractivity contribution in [2.75, 3.05) is 46.3 Å². The van der Waals surface area contributed by atoms with Gasteiger partial charge >= 0.3 is 0 Å². The summed E-state index contributed by atoms with van der Waals surface area (Å²) in [5, 5.41) is 8.18. The average Bonchev–Trinajstić information content (AvgIpc) is 3.24. The summed E-state index contributed by atoms with van der Waals surface area (Å²) in [6, 6.07) is 10.4. The molecule has 2 N–H and O–H groups in total. The van der Waals surface area contributed by atoms with Crippen molar-refractivity contribution < 1.29 is 4.42 Å². The lowest BCUT2D eigenvalue weighted by molar-refractivity contribution is 0.0208. The molecular formula is C25H39N5O. The molecule has 1 unspecified atom stereocenters. The number of furan rings is 1. The van der Waals surface area contributed by atoms with Crippen LogP contribution in [0.5, 0.6) is 0 Å². The van der Waals surface area contributed by atoms with Crippen molar-refractivity contribution in [2.24, 2.45) is 4.99 Å². The molecular weight excluding hydrogens is 386 g/mol. The maximum absolute atomic E-state index is 6.07. The van der Waals surface area contributed by atoms with Gasteiger partial charge in [0.2, 0.25) is 0 Å². The molecule has 2 saturated heterocycles. The van der Waals surface area contributed by atoms with E-state index in [0.717, 1.165) is 48.9 Å². The average molecular weight is 426 g/mol. The first-order valence-electron chi connectivity index (χ1n) is 12.1. The van der Waals surface area contributed by atoms with Crippen LogP contribution in [0.2, 0.25) is 0 Å². The molecule has 6 nitrogen and oxygen atoms in total. The smallest absolute Gasteiger partial charge is 0.191 e. The van der Waals surface area contributed by atoms with Crippen molar-refractivity contribution in [3.8, 4) is 0 Å². The summed E-state index contributed by atoms with van der Waals surface area (Å²) in [7, 11) is 2.24. The predicted octanol–water partition coefficient (Wildman–Crippen LogP) is 4.00. The Labute approximate surface area is 187 Å². The number of para-hydroxylation sites is 1. The van der Waals surface area contributed by atoms with E-state index in [1.165, 1.54) is 45.2 Å². The number of hydrogen-bond donors (Lipinski definition) is 2. The number of piperidine rings is 2. The van der Waals surface area contributed by atoms with Gasteiger partial charge in [0.05, 0.1) is 12.6 Å². The zero-order valence-electron chi connectivity index (χ0n) is 19.5. The minimum atomic E-state index is 0.0497. The highest BCUT2D eigenvalue weighted by atomic mass is 16.3. The Bertz CT molecular complexity index is 829. The fraction of sp³-hybridized carbons (Fsp3) is 0.640. The first kappa shape index (κ1) is 22.2. The van der Waals surface area contributed by atoms with Gasteiger partial charge in [-0.1, -0.05) is 24.6 Å². The van der Waals surface area contributed by atoms with Crippen molar-refractivity contribution in [1.29, 1.82) is 0 Å². The fourth-order valence-electron chi connectivity index (χ4n) is 5.02. The largest absolute Gasteiger partial charge is 0.459 e. The van der Waals surface area contributed by atoms with Gasteiger partial charge in [-0.05, 0) is 84.9 Å². The van der Waals surface area contributed by atoms with Crippen LogP contribution >= 0.6 is 0 Å². The van der Waals surface area contributed by atoms with E-state index >= 15 is 0 Å². The Hall–Kier alpha value is -2.05. The van der Waals surface area contributed by atoms with E-state index in [0.29, 0.717) is 0 Å². The number of aliphatic imine (C=N–C) groups is 1. The quantitative estimate of drug-likeness (QED) is 0.541. The van der Waals surface area contributed by atoms with Gasteiger partial charge in [-0.15, -0.1) is 0 Å². The Balaban J connectivity index is 1.49. The number of nitrogens with one attached hydrogen (secondary N) is 2. The molecule has 2 aliphatic heterocycles. The highest BCUT2D eigenvalue weighted by molar-refractivity contribution is 5.81. The molecule has 0 bridgehead atoms. The molecule has 1 aromatic carbocycles. The molecule has 31 heavy (non-hydrogen) atoms. The van der Waals surface area contributed by atoms with Gasteiger partial charge < -0.3 is 20.0 Å². The minimum Gasteiger partial charge on any atom is -0.459 e. The summed E-state index contributed by atoms with van der Waals surface area (Å²) in [5.41, 5.74) is 1.13. The molecule has 1 atom stereocenters. The molecule has 1 aromatic heterocycles. The van der Waals surface area contributed by atoms with Crippen molar-refractivity contribution >= 4 is 16.9 Å². The van der Waals surface area contributed by atoms with Crippen LogP contribution < -0.4 is 10.6 Å². The maximum atomic E-state index is 6.07. The second-order valence-corrected chi connectivity index (χ2v) is 9.32. The third kappa shape index (κ3) is 5.24. The molecule has 3 heterocycles. The number of likely N-dealkylation sites (tertiary alicyclic amines) is 2. The van der Waals surface area contributed by atoms with Gasteiger partial charge in [0.1, 0.15) is 11.3 Å². The Kier molecular flexibility index (Phi) is 7.18. The van der Waals surface area contributed by atoms with E-state index in [2.05, 4.69) is 53.5 Å². The highest BCUT2D eigenvalue weighted by Gasteiger charge is 2.39. The van der Waals surface area contributed by atoms with Crippen LogP contribution in [0.1, 0.15) is 57.8 Å². The number of nitrogens with zero attached hydrogens (tertiary/aromatic N) is 3. The van der Waals surface area contributed by atoms with Crippen molar-refractivity contribution in [3.63, 3.8) is 0 Å². The lowest BCUT2D eigenvalue weighted by Gasteiger charge is -2.49. The first-order chi connectivity index (χ1) is 15.1. The number of fused-ring (bicyclic) bond motifs is 1. The van der Waals surface area contributed by atoms with E-state index in [1.54, 1.807) is 0 Å². The van der Waals surface area contributed by atoms with E-state index in [-0.39, 0.29) is 11.6 Å². The molecule has 2 aliphatic rings. The van der Waals surface area contributed by atoms with Crippen LogP contribution in [0.15, 0.2) is 39.7 Å². The molecule has 0 spiro atoms. The van der Waals surface area contributed by atoms with Crippen LogP contribution in [0.4, 0.5) is 0 Å². The number of hydrogen-bond acceptors (Lipinski definition) is 4. The molecule has 0 radical (unpaired) electrons. The van der Waals surface area contributed by atoms with Gasteiger partial charge in [0, 0.05) is 17.5 Å². The van der Waals surface area contributed by atoms with Crippen LogP contribution in [0.25, 0.3) is 11.0 Å². The Morgan fingerprint density at radius 1 is 1.13 bits per heavy atom. The van der Waals surface area contributed by atoms with Crippen LogP contribution in [-0.4, -0.2) is 67.6 Å². The first-order valence-corrected chi connectivity index (χ1v) is 12.1. The summed E-state index contributed by atoms with van der Waals surface area (Å²) in [6.45, 7) is 10.7. The monoisotopic (exact) mass is 425 g/mol. The standard InChI is InChI=1S/C25H39N5O/c1-4-26-24(28-20(2)23-18-21-10-6-7-11-22(21)31-23)27-19-25(12-16-29(3)17-13-25)30-14-8-5-9-15-30/h6-7,10-11,18,20H,4-5,8-9,12-17,19H2,1-3H3,(H2,26,27,28). The minimum absolute atomic E-state index is 0.0497. The van der Waals surface area contributed by atoms with Crippen molar-refractivity contribution in [3.05, 3.63) is 36.1 Å². The lowest BCUT2D eigenvalue weighted by Crippen LogP contribution is -2.58. The summed E-state index contributed by atoms with van der Waals surface area (Å²) >= 11 is 0. The van der Waals surface area contributed by atoms with Crippen molar-refractivity contribution in [1.82, 2.24) is 20.4 Å². The zero-order valence-corrected chi connectivity index (χ0v) is 19.5. The number of benzene rings is 1. The highest BCUT2D eigenvalue weighted by Crippen LogP contribution is 2.32. The van der Waals surface area contributed by atoms with E-state index < -0.39 is 0 Å². The summed E-state index contributed by atoms with van der Waals surface area (Å²) in [6.07, 6.45) is 6.41. The normalized spacial score (nSPS) is 21.8. The Morgan fingerprint density at radius 3 is 2.58 bits per heavy atom. The van der Waals surface area contributed by atoms with Gasteiger partial charge in [-0.2, -0.15) is 0 Å². The van der Waals surface area contributed by atoms with Crippen LogP contribution in [0, 0.1) is 0 Å². The molecule has 2 aromatic rings. The van der Waals surface area contributed by atoms with E-state index in [9.17, 15) is 0 Å². The second-order valence-electron chi connectivity index (χ2n) is 9.32. The van der Waals surface area contributed by atoms with E-state index in [4.69, 9.17) is 9.41 Å². The van der Waals surface area contributed by atoms with Gasteiger partial charge in [0.15, 0.2) is 5.96 Å². The van der Waals surface area contributed by atoms with Crippen LogP contribution in [-0.2, 0) is 0 Å². The van der Waals surface area contributed by atoms with Gasteiger partial charge in [0.25, 0.3) is 0 Å². The summed E-state index contributed by atoms with van der Waals surface area (Å²) < 4.78 is 6.07. The molecule has 4 rings (SSSR count). The summed E-state index contributed by atoms with van der Waals surface area (Å²) in [4.78, 5) is 10.3. The third-order valence-electron chi connectivity index (χ3n) is 7.04. The maximum Gasteiger partial charge on any atom is 0.191 e. The van der Waals surface area contributed by atoms with Gasteiger partial charge in [-0.3, -0.25) is 9.89 Å². The lowest BCUT2D eigenvalue weighted by atomic mass is 9.84. The third-order valence-corrected chi connectivity index (χ3v) is 7.04. The van der Waals surface area contributed by atoms with Crippen LogP contribution in [0.3, 0.4) is 0 Å². The molecule has 0 amide bonds. The van der Waals surface area contributed by atoms with Crippen molar-refractivity contribution in [2.45, 2.75) is 57.5 Å². The van der Waals surface area contributed by atoms with Gasteiger partial charge in [-0.25, -0.2) is 0 Å². The van der Waals surface area contributed by atoms with E-state index in [1.807, 2.05) is 18.2 Å². The number of guanidine groups is 1. The SMILES string of the molecule is CCNC(=NCC1(N2CCCCC2)CCN(C)CC1)NC(C)c1cc2ccccc2o1. The Morgan fingerprint density at radius 2 is 1.87 bits per heavy atom. The predicted molar refractivity (Wildman–Crippen MR) is 129 cm³/mol. The zero-order chi connectivity index (χ0) is 21.7. The molecule has 2 fully saturated rings. The fourth-order valence-corrected chi connectivity index (χ4v) is 5.02. The summed E-state index contributed by atoms with van der Waals surface area (Å²) in [5.74, 6) is 1.82.